The van der Waals surface area contributed by atoms with Crippen molar-refractivity contribution in [2.45, 2.75) is 46.6 Å². The normalized spacial score (nSPS) is 17.6. The van der Waals surface area contributed by atoms with Gasteiger partial charge < -0.3 is 16.3 Å². The van der Waals surface area contributed by atoms with Crippen molar-refractivity contribution in [3.63, 3.8) is 0 Å². The van der Waals surface area contributed by atoms with Crippen molar-refractivity contribution in [3.05, 3.63) is 0 Å². The molecule has 0 aliphatic heterocycles. The lowest BCUT2D eigenvalue weighted by Gasteiger charge is -2.22. The van der Waals surface area contributed by atoms with E-state index < -0.39 is 5.92 Å². The van der Waals surface area contributed by atoms with Crippen LogP contribution in [-0.4, -0.2) is 23.0 Å². The maximum absolute atomic E-state index is 11.8. The molecular formula is C11H23N3O2. The first-order valence-corrected chi connectivity index (χ1v) is 5.75. The first-order valence-electron chi connectivity index (χ1n) is 5.75. The first kappa shape index (κ1) is 14.7. The number of amides is 1. The van der Waals surface area contributed by atoms with Crippen molar-refractivity contribution >= 4 is 11.7 Å². The Labute approximate surface area is 97.1 Å². The fourth-order valence-electron chi connectivity index (χ4n) is 1.42. The van der Waals surface area contributed by atoms with E-state index in [9.17, 15) is 4.79 Å². The van der Waals surface area contributed by atoms with Crippen LogP contribution in [0.15, 0.2) is 5.16 Å². The SMILES string of the molecule is CCC(C(=O)NC(C)C(C)CC)C(N)=NO. The average molecular weight is 229 g/mol. The quantitative estimate of drug-likeness (QED) is 0.278. The number of hydrogen-bond acceptors (Lipinski definition) is 3. The average Bonchev–Trinajstić information content (AvgIpc) is 2.28. The molecule has 3 unspecified atom stereocenters. The second-order valence-corrected chi connectivity index (χ2v) is 4.17. The van der Waals surface area contributed by atoms with Crippen LogP contribution in [0.2, 0.25) is 0 Å². The van der Waals surface area contributed by atoms with Gasteiger partial charge in [0.25, 0.3) is 0 Å². The van der Waals surface area contributed by atoms with E-state index in [-0.39, 0.29) is 17.8 Å². The number of carbonyl (C=O) groups is 1. The first-order chi connectivity index (χ1) is 7.47. The zero-order valence-electron chi connectivity index (χ0n) is 10.5. The Bertz CT molecular complexity index is 254. The van der Waals surface area contributed by atoms with E-state index in [1.54, 1.807) is 0 Å². The highest BCUT2D eigenvalue weighted by molar-refractivity contribution is 6.02. The van der Waals surface area contributed by atoms with E-state index in [0.717, 1.165) is 6.42 Å². The van der Waals surface area contributed by atoms with Gasteiger partial charge in [0.1, 0.15) is 0 Å². The van der Waals surface area contributed by atoms with E-state index in [4.69, 9.17) is 10.9 Å². The van der Waals surface area contributed by atoms with E-state index in [1.165, 1.54) is 0 Å². The molecule has 0 saturated heterocycles. The van der Waals surface area contributed by atoms with Gasteiger partial charge in [0.05, 0.1) is 5.92 Å². The molecular weight excluding hydrogens is 206 g/mol. The van der Waals surface area contributed by atoms with Gasteiger partial charge in [-0.05, 0) is 19.3 Å². The topological polar surface area (TPSA) is 87.7 Å². The molecule has 0 aliphatic carbocycles. The fraction of sp³-hybridized carbons (Fsp3) is 0.818. The van der Waals surface area contributed by atoms with Gasteiger partial charge in [-0.2, -0.15) is 0 Å². The van der Waals surface area contributed by atoms with Gasteiger partial charge >= 0.3 is 0 Å². The van der Waals surface area contributed by atoms with Gasteiger partial charge in [0.2, 0.25) is 5.91 Å². The summed E-state index contributed by atoms with van der Waals surface area (Å²) in [6.45, 7) is 7.95. The Morgan fingerprint density at radius 1 is 1.38 bits per heavy atom. The van der Waals surface area contributed by atoms with Crippen molar-refractivity contribution in [2.75, 3.05) is 0 Å². The van der Waals surface area contributed by atoms with Crippen molar-refractivity contribution in [1.82, 2.24) is 5.32 Å². The van der Waals surface area contributed by atoms with Crippen LogP contribution in [-0.2, 0) is 4.79 Å². The molecule has 0 bridgehead atoms. The molecule has 4 N–H and O–H groups in total. The van der Waals surface area contributed by atoms with Gasteiger partial charge in [-0.3, -0.25) is 4.79 Å². The summed E-state index contributed by atoms with van der Waals surface area (Å²) in [5.41, 5.74) is 5.45. The number of hydrogen-bond donors (Lipinski definition) is 3. The number of nitrogens with zero attached hydrogens (tertiary/aromatic N) is 1. The Balaban J connectivity index is 4.43. The highest BCUT2D eigenvalue weighted by Crippen LogP contribution is 2.09. The monoisotopic (exact) mass is 229 g/mol. The van der Waals surface area contributed by atoms with Gasteiger partial charge in [-0.15, -0.1) is 0 Å². The van der Waals surface area contributed by atoms with Crippen LogP contribution >= 0.6 is 0 Å². The second-order valence-electron chi connectivity index (χ2n) is 4.17. The molecule has 0 saturated carbocycles. The number of nitrogens with one attached hydrogen (secondary N) is 1. The fourth-order valence-corrected chi connectivity index (χ4v) is 1.42. The third kappa shape index (κ3) is 4.08. The Hall–Kier alpha value is -1.26. The lowest BCUT2D eigenvalue weighted by atomic mass is 9.98. The molecule has 0 radical (unpaired) electrons. The van der Waals surface area contributed by atoms with Gasteiger partial charge in [-0.1, -0.05) is 32.3 Å². The minimum atomic E-state index is -0.545. The minimum Gasteiger partial charge on any atom is -0.409 e. The highest BCUT2D eigenvalue weighted by atomic mass is 16.4. The minimum absolute atomic E-state index is 0.0312. The van der Waals surface area contributed by atoms with E-state index in [0.29, 0.717) is 12.3 Å². The number of nitrogens with two attached hydrogens (primary N) is 1. The summed E-state index contributed by atoms with van der Waals surface area (Å²) < 4.78 is 0. The molecule has 0 heterocycles. The molecule has 5 heteroatoms. The predicted molar refractivity (Wildman–Crippen MR) is 64.2 cm³/mol. The summed E-state index contributed by atoms with van der Waals surface area (Å²) in [4.78, 5) is 11.8. The second kappa shape index (κ2) is 7.09. The van der Waals surface area contributed by atoms with E-state index in [2.05, 4.69) is 24.3 Å². The van der Waals surface area contributed by atoms with Crippen LogP contribution in [0.25, 0.3) is 0 Å². The molecule has 0 fully saturated rings. The zero-order chi connectivity index (χ0) is 12.7. The summed E-state index contributed by atoms with van der Waals surface area (Å²) in [5.74, 6) is -0.341. The number of carbonyl (C=O) groups excluding carboxylic acids is 1. The highest BCUT2D eigenvalue weighted by Gasteiger charge is 2.23. The van der Waals surface area contributed by atoms with Crippen molar-refractivity contribution in [2.24, 2.45) is 22.7 Å². The van der Waals surface area contributed by atoms with Gasteiger partial charge in [0.15, 0.2) is 5.84 Å². The molecule has 0 rings (SSSR count). The molecule has 16 heavy (non-hydrogen) atoms. The molecule has 0 spiro atoms. The summed E-state index contributed by atoms with van der Waals surface area (Å²) in [7, 11) is 0. The number of amidine groups is 1. The molecule has 3 atom stereocenters. The standard InChI is InChI=1S/C11H23N3O2/c1-5-7(3)8(4)13-11(15)9(6-2)10(12)14-16/h7-9,16H,5-6H2,1-4H3,(H2,12,14)(H,13,15). The van der Waals surface area contributed by atoms with Gasteiger partial charge in [0, 0.05) is 6.04 Å². The lowest BCUT2D eigenvalue weighted by Crippen LogP contribution is -2.44. The Morgan fingerprint density at radius 2 is 1.94 bits per heavy atom. The van der Waals surface area contributed by atoms with E-state index >= 15 is 0 Å². The van der Waals surface area contributed by atoms with Crippen molar-refractivity contribution < 1.29 is 10.0 Å². The van der Waals surface area contributed by atoms with Crippen LogP contribution in [0.4, 0.5) is 0 Å². The smallest absolute Gasteiger partial charge is 0.231 e. The summed E-state index contributed by atoms with van der Waals surface area (Å²) in [6, 6.07) is 0.0954. The van der Waals surface area contributed by atoms with E-state index in [1.807, 2.05) is 13.8 Å². The molecule has 0 aromatic rings. The third-order valence-corrected chi connectivity index (χ3v) is 3.06. The van der Waals surface area contributed by atoms with Crippen LogP contribution in [0.5, 0.6) is 0 Å². The van der Waals surface area contributed by atoms with Crippen molar-refractivity contribution in [1.29, 1.82) is 0 Å². The van der Waals surface area contributed by atoms with Crippen molar-refractivity contribution in [3.8, 4) is 0 Å². The van der Waals surface area contributed by atoms with Gasteiger partial charge in [-0.25, -0.2) is 0 Å². The molecule has 1 amide bonds. The molecule has 0 aliphatic rings. The summed E-state index contributed by atoms with van der Waals surface area (Å²) in [5, 5.41) is 14.3. The Kier molecular flexibility index (Phi) is 6.53. The Morgan fingerprint density at radius 3 is 2.31 bits per heavy atom. The summed E-state index contributed by atoms with van der Waals surface area (Å²) >= 11 is 0. The lowest BCUT2D eigenvalue weighted by molar-refractivity contribution is -0.124. The largest absolute Gasteiger partial charge is 0.409 e. The molecule has 0 aromatic carbocycles. The van der Waals surface area contributed by atoms with Crippen LogP contribution in [0.3, 0.4) is 0 Å². The third-order valence-electron chi connectivity index (χ3n) is 3.06. The summed E-state index contributed by atoms with van der Waals surface area (Å²) in [6.07, 6.45) is 1.52. The zero-order valence-corrected chi connectivity index (χ0v) is 10.5. The number of rotatable bonds is 6. The van der Waals surface area contributed by atoms with Crippen LogP contribution in [0.1, 0.15) is 40.5 Å². The maximum Gasteiger partial charge on any atom is 0.231 e. The van der Waals surface area contributed by atoms with Crippen LogP contribution in [0, 0.1) is 11.8 Å². The molecule has 94 valence electrons. The number of oxime groups is 1. The predicted octanol–water partition coefficient (Wildman–Crippen LogP) is 1.31. The molecule has 0 aromatic heterocycles. The maximum atomic E-state index is 11.8. The molecule has 5 nitrogen and oxygen atoms in total. The van der Waals surface area contributed by atoms with Crippen LogP contribution < -0.4 is 11.1 Å².